The van der Waals surface area contributed by atoms with Crippen LogP contribution in [0, 0.1) is 0 Å². The zero-order chi connectivity index (χ0) is 17.1. The highest BCUT2D eigenvalue weighted by Crippen LogP contribution is 2.23. The van der Waals surface area contributed by atoms with E-state index >= 15 is 0 Å². The number of halogens is 1. The smallest absolute Gasteiger partial charge is 0.136 e. The van der Waals surface area contributed by atoms with E-state index in [0.717, 1.165) is 27.7 Å². The Hall–Kier alpha value is -2.84. The fourth-order valence-electron chi connectivity index (χ4n) is 2.78. The summed E-state index contributed by atoms with van der Waals surface area (Å²) in [5.41, 5.74) is 2.97. The van der Waals surface area contributed by atoms with E-state index < -0.39 is 0 Å². The SMILES string of the molecule is Clc1ccc2oc(-c3ccccc3)cc(=NCc3ccccc3)c2c1. The lowest BCUT2D eigenvalue weighted by molar-refractivity contribution is 0.618. The van der Waals surface area contributed by atoms with Crippen LogP contribution in [0.5, 0.6) is 0 Å². The first-order valence-corrected chi connectivity index (χ1v) is 8.51. The molecule has 0 saturated carbocycles. The first-order chi connectivity index (χ1) is 12.3. The fraction of sp³-hybridized carbons (Fsp3) is 0.0455. The van der Waals surface area contributed by atoms with Crippen molar-refractivity contribution in [2.24, 2.45) is 4.99 Å². The largest absolute Gasteiger partial charge is 0.456 e. The molecule has 0 N–H and O–H groups in total. The molecule has 4 rings (SSSR count). The molecule has 122 valence electrons. The average molecular weight is 346 g/mol. The molecule has 0 aliphatic heterocycles. The van der Waals surface area contributed by atoms with Crippen LogP contribution in [0.25, 0.3) is 22.3 Å². The predicted octanol–water partition coefficient (Wildman–Crippen LogP) is 5.85. The Kier molecular flexibility index (Phi) is 4.36. The van der Waals surface area contributed by atoms with Gasteiger partial charge in [0.25, 0.3) is 0 Å². The van der Waals surface area contributed by atoms with Crippen LogP contribution >= 0.6 is 11.6 Å². The lowest BCUT2D eigenvalue weighted by Crippen LogP contribution is -2.04. The minimum absolute atomic E-state index is 0.612. The van der Waals surface area contributed by atoms with Gasteiger partial charge in [-0.05, 0) is 23.8 Å². The molecule has 0 unspecified atom stereocenters. The highest BCUT2D eigenvalue weighted by Gasteiger charge is 2.06. The summed E-state index contributed by atoms with van der Waals surface area (Å²) in [6.07, 6.45) is 0. The van der Waals surface area contributed by atoms with Gasteiger partial charge in [-0.25, -0.2) is 0 Å². The molecule has 0 radical (unpaired) electrons. The number of hydrogen-bond donors (Lipinski definition) is 0. The van der Waals surface area contributed by atoms with E-state index in [9.17, 15) is 0 Å². The summed E-state index contributed by atoms with van der Waals surface area (Å²) in [5, 5.41) is 2.47. The van der Waals surface area contributed by atoms with Crippen LogP contribution in [0.1, 0.15) is 5.56 Å². The van der Waals surface area contributed by atoms with Crippen LogP contribution < -0.4 is 5.36 Å². The van der Waals surface area contributed by atoms with Gasteiger partial charge in [-0.15, -0.1) is 0 Å². The van der Waals surface area contributed by atoms with Crippen molar-refractivity contribution >= 4 is 22.6 Å². The molecule has 0 aliphatic carbocycles. The summed E-state index contributed by atoms with van der Waals surface area (Å²) >= 11 is 6.18. The molecule has 0 spiro atoms. The summed E-state index contributed by atoms with van der Waals surface area (Å²) in [6, 6.07) is 27.9. The van der Waals surface area contributed by atoms with Crippen LogP contribution in [0.3, 0.4) is 0 Å². The normalized spacial score (nSPS) is 11.8. The van der Waals surface area contributed by atoms with E-state index in [-0.39, 0.29) is 0 Å². The van der Waals surface area contributed by atoms with Crippen LogP contribution in [0.2, 0.25) is 5.02 Å². The van der Waals surface area contributed by atoms with Gasteiger partial charge in [0.05, 0.1) is 11.9 Å². The Morgan fingerprint density at radius 2 is 1.52 bits per heavy atom. The molecule has 0 fully saturated rings. The predicted molar refractivity (Wildman–Crippen MR) is 102 cm³/mol. The number of hydrogen-bond acceptors (Lipinski definition) is 2. The second-order valence-corrected chi connectivity index (χ2v) is 6.24. The van der Waals surface area contributed by atoms with Crippen molar-refractivity contribution in [3.05, 3.63) is 101 Å². The van der Waals surface area contributed by atoms with Crippen LogP contribution in [-0.2, 0) is 6.54 Å². The van der Waals surface area contributed by atoms with E-state index in [2.05, 4.69) is 12.1 Å². The van der Waals surface area contributed by atoms with Crippen molar-refractivity contribution in [3.63, 3.8) is 0 Å². The second kappa shape index (κ2) is 6.96. The fourth-order valence-corrected chi connectivity index (χ4v) is 2.95. The van der Waals surface area contributed by atoms with Crippen molar-refractivity contribution in [1.82, 2.24) is 0 Å². The molecule has 0 atom stereocenters. The summed E-state index contributed by atoms with van der Waals surface area (Å²) in [7, 11) is 0. The van der Waals surface area contributed by atoms with E-state index in [1.54, 1.807) is 0 Å². The molecule has 1 aromatic heterocycles. The summed E-state index contributed by atoms with van der Waals surface area (Å²) in [4.78, 5) is 4.81. The molecule has 0 aliphatic rings. The topological polar surface area (TPSA) is 25.5 Å². The third-order valence-corrected chi connectivity index (χ3v) is 4.27. The number of nitrogens with zero attached hydrogens (tertiary/aromatic N) is 1. The lowest BCUT2D eigenvalue weighted by atomic mass is 10.1. The van der Waals surface area contributed by atoms with Crippen molar-refractivity contribution in [3.8, 4) is 11.3 Å². The quantitative estimate of drug-likeness (QED) is 0.457. The molecule has 2 nitrogen and oxygen atoms in total. The van der Waals surface area contributed by atoms with E-state index in [4.69, 9.17) is 21.0 Å². The van der Waals surface area contributed by atoms with E-state index in [1.165, 1.54) is 5.56 Å². The van der Waals surface area contributed by atoms with Gasteiger partial charge in [0.2, 0.25) is 0 Å². The maximum atomic E-state index is 6.18. The summed E-state index contributed by atoms with van der Waals surface area (Å²) in [6.45, 7) is 0.612. The maximum Gasteiger partial charge on any atom is 0.136 e. The number of benzene rings is 3. The third kappa shape index (κ3) is 3.49. The molecule has 25 heavy (non-hydrogen) atoms. The molecule has 0 bridgehead atoms. The first kappa shape index (κ1) is 15.7. The number of fused-ring (bicyclic) bond motifs is 1. The van der Waals surface area contributed by atoms with Gasteiger partial charge in [-0.1, -0.05) is 72.3 Å². The molecular weight excluding hydrogens is 330 g/mol. The Morgan fingerprint density at radius 3 is 2.28 bits per heavy atom. The zero-order valence-corrected chi connectivity index (χ0v) is 14.3. The first-order valence-electron chi connectivity index (χ1n) is 8.13. The standard InChI is InChI=1S/C22H16ClNO/c23-18-11-12-21-19(13-18)20(24-15-16-7-3-1-4-8-16)14-22(25-21)17-9-5-2-6-10-17/h1-14H,15H2. The van der Waals surface area contributed by atoms with Crippen LogP contribution in [0.15, 0.2) is 94.3 Å². The van der Waals surface area contributed by atoms with E-state index in [1.807, 2.05) is 72.8 Å². The van der Waals surface area contributed by atoms with Gasteiger partial charge in [0.15, 0.2) is 0 Å². The average Bonchev–Trinajstić information content (AvgIpc) is 2.67. The van der Waals surface area contributed by atoms with Gasteiger partial charge in [-0.2, -0.15) is 0 Å². The van der Waals surface area contributed by atoms with Gasteiger partial charge < -0.3 is 4.42 Å². The molecule has 3 heteroatoms. The summed E-state index contributed by atoms with van der Waals surface area (Å²) in [5.74, 6) is 0.794. The van der Waals surface area contributed by atoms with Crippen LogP contribution in [-0.4, -0.2) is 0 Å². The van der Waals surface area contributed by atoms with Crippen molar-refractivity contribution in [2.45, 2.75) is 6.54 Å². The zero-order valence-electron chi connectivity index (χ0n) is 13.5. The molecule has 0 amide bonds. The second-order valence-electron chi connectivity index (χ2n) is 5.80. The molecule has 3 aromatic carbocycles. The summed E-state index contributed by atoms with van der Waals surface area (Å²) < 4.78 is 6.08. The minimum Gasteiger partial charge on any atom is -0.456 e. The third-order valence-electron chi connectivity index (χ3n) is 4.04. The van der Waals surface area contributed by atoms with Gasteiger partial charge >= 0.3 is 0 Å². The highest BCUT2D eigenvalue weighted by atomic mass is 35.5. The molecule has 1 heterocycles. The van der Waals surface area contributed by atoms with Gasteiger partial charge in [-0.3, -0.25) is 4.99 Å². The Labute approximate surface area is 151 Å². The molecular formula is C22H16ClNO. The Morgan fingerprint density at radius 1 is 0.800 bits per heavy atom. The minimum atomic E-state index is 0.612. The lowest BCUT2D eigenvalue weighted by Gasteiger charge is -2.05. The monoisotopic (exact) mass is 345 g/mol. The van der Waals surface area contributed by atoms with Gasteiger partial charge in [0, 0.05) is 22.0 Å². The molecule has 0 saturated heterocycles. The Bertz CT molecular complexity index is 1070. The maximum absolute atomic E-state index is 6.18. The van der Waals surface area contributed by atoms with Crippen molar-refractivity contribution in [2.75, 3.05) is 0 Å². The Balaban J connectivity index is 1.89. The van der Waals surface area contributed by atoms with Crippen molar-refractivity contribution < 1.29 is 4.42 Å². The van der Waals surface area contributed by atoms with Gasteiger partial charge in [0.1, 0.15) is 11.3 Å². The molecule has 4 aromatic rings. The van der Waals surface area contributed by atoms with E-state index in [0.29, 0.717) is 11.6 Å². The van der Waals surface area contributed by atoms with Crippen molar-refractivity contribution in [1.29, 1.82) is 0 Å². The van der Waals surface area contributed by atoms with Crippen LogP contribution in [0.4, 0.5) is 0 Å². The highest BCUT2D eigenvalue weighted by molar-refractivity contribution is 6.31. The number of rotatable bonds is 3.